The number of amides is 1. The van der Waals surface area contributed by atoms with Crippen LogP contribution in [-0.2, 0) is 4.79 Å². The van der Waals surface area contributed by atoms with Gasteiger partial charge in [0.1, 0.15) is 0 Å². The van der Waals surface area contributed by atoms with E-state index in [1.165, 1.54) is 0 Å². The van der Waals surface area contributed by atoms with Crippen molar-refractivity contribution in [2.45, 2.75) is 11.3 Å². The van der Waals surface area contributed by atoms with Crippen LogP contribution in [0.2, 0.25) is 5.02 Å². The van der Waals surface area contributed by atoms with Crippen molar-refractivity contribution in [1.82, 2.24) is 10.2 Å². The molecule has 5 nitrogen and oxygen atoms in total. The summed E-state index contributed by atoms with van der Waals surface area (Å²) in [5.41, 5.74) is 0.848. The van der Waals surface area contributed by atoms with Crippen LogP contribution in [0, 0.1) is 0 Å². The molecule has 23 heavy (non-hydrogen) atoms. The van der Waals surface area contributed by atoms with Crippen molar-refractivity contribution < 1.29 is 9.21 Å². The van der Waals surface area contributed by atoms with E-state index in [2.05, 4.69) is 15.5 Å². The summed E-state index contributed by atoms with van der Waals surface area (Å²) < 4.78 is 5.41. The summed E-state index contributed by atoms with van der Waals surface area (Å²) >= 11 is 8.96. The average molecular weight is 366 g/mol. The van der Waals surface area contributed by atoms with E-state index in [9.17, 15) is 4.79 Å². The van der Waals surface area contributed by atoms with Gasteiger partial charge >= 0.3 is 6.01 Å². The SMILES string of the molecule is O=C(CCSc1ccc(Cl)cc1)Nc1nnc(-c2ccsc2)o1. The molecule has 0 spiro atoms. The molecule has 1 amide bonds. The number of benzene rings is 1. The maximum absolute atomic E-state index is 11.9. The van der Waals surface area contributed by atoms with E-state index < -0.39 is 0 Å². The highest BCUT2D eigenvalue weighted by atomic mass is 35.5. The Labute approximate surface area is 146 Å². The van der Waals surface area contributed by atoms with Crippen molar-refractivity contribution in [3.8, 4) is 11.5 Å². The van der Waals surface area contributed by atoms with Crippen LogP contribution in [0.4, 0.5) is 6.01 Å². The van der Waals surface area contributed by atoms with Crippen LogP contribution in [-0.4, -0.2) is 21.9 Å². The number of hydrogen-bond acceptors (Lipinski definition) is 6. The summed E-state index contributed by atoms with van der Waals surface area (Å²) in [7, 11) is 0. The Kier molecular flexibility index (Phi) is 5.32. The predicted molar refractivity (Wildman–Crippen MR) is 93.0 cm³/mol. The van der Waals surface area contributed by atoms with E-state index in [1.807, 2.05) is 41.1 Å². The third-order valence-electron chi connectivity index (χ3n) is 2.85. The van der Waals surface area contributed by atoms with Gasteiger partial charge in [-0.2, -0.15) is 11.3 Å². The molecular formula is C15H12ClN3O2S2. The van der Waals surface area contributed by atoms with Crippen LogP contribution in [0.5, 0.6) is 0 Å². The molecule has 0 saturated heterocycles. The maximum Gasteiger partial charge on any atom is 0.322 e. The molecule has 118 valence electrons. The molecule has 0 aliphatic heterocycles. The molecule has 3 rings (SSSR count). The minimum absolute atomic E-state index is 0.118. The monoisotopic (exact) mass is 365 g/mol. The van der Waals surface area contributed by atoms with Crippen LogP contribution in [0.15, 0.2) is 50.4 Å². The maximum atomic E-state index is 11.9. The van der Waals surface area contributed by atoms with E-state index in [1.54, 1.807) is 23.1 Å². The first-order valence-electron chi connectivity index (χ1n) is 6.75. The number of hydrogen-bond donors (Lipinski definition) is 1. The van der Waals surface area contributed by atoms with E-state index >= 15 is 0 Å². The number of aromatic nitrogens is 2. The first-order valence-corrected chi connectivity index (χ1v) is 9.05. The van der Waals surface area contributed by atoms with Gasteiger partial charge in [-0.3, -0.25) is 10.1 Å². The molecule has 1 aromatic carbocycles. The molecule has 0 unspecified atom stereocenters. The average Bonchev–Trinajstić information content (AvgIpc) is 3.20. The van der Waals surface area contributed by atoms with E-state index in [0.717, 1.165) is 10.5 Å². The van der Waals surface area contributed by atoms with Crippen molar-refractivity contribution in [1.29, 1.82) is 0 Å². The zero-order valence-electron chi connectivity index (χ0n) is 11.9. The second-order valence-corrected chi connectivity index (χ2v) is 6.91. The first kappa shape index (κ1) is 16.0. The van der Waals surface area contributed by atoms with Gasteiger partial charge in [0.15, 0.2) is 0 Å². The molecule has 2 heterocycles. The fourth-order valence-electron chi connectivity index (χ4n) is 1.75. The van der Waals surface area contributed by atoms with E-state index in [-0.39, 0.29) is 11.9 Å². The number of carbonyl (C=O) groups is 1. The minimum atomic E-state index is -0.160. The number of thioether (sulfide) groups is 1. The zero-order chi connectivity index (χ0) is 16.1. The van der Waals surface area contributed by atoms with Crippen molar-refractivity contribution in [2.75, 3.05) is 11.1 Å². The summed E-state index contributed by atoms with van der Waals surface area (Å²) in [4.78, 5) is 13.0. The van der Waals surface area contributed by atoms with Gasteiger partial charge in [0, 0.05) is 33.0 Å². The third kappa shape index (κ3) is 4.57. The second-order valence-electron chi connectivity index (χ2n) is 4.52. The minimum Gasteiger partial charge on any atom is -0.403 e. The molecule has 0 saturated carbocycles. The summed E-state index contributed by atoms with van der Waals surface area (Å²) in [6.07, 6.45) is 0.351. The molecule has 8 heteroatoms. The Morgan fingerprint density at radius 3 is 2.83 bits per heavy atom. The lowest BCUT2D eigenvalue weighted by Gasteiger charge is -2.02. The molecule has 0 radical (unpaired) electrons. The van der Waals surface area contributed by atoms with Crippen LogP contribution in [0.25, 0.3) is 11.5 Å². The van der Waals surface area contributed by atoms with Crippen molar-refractivity contribution in [2.24, 2.45) is 0 Å². The third-order valence-corrected chi connectivity index (χ3v) is 4.80. The Morgan fingerprint density at radius 1 is 1.26 bits per heavy atom. The molecule has 0 atom stereocenters. The summed E-state index contributed by atoms with van der Waals surface area (Å²) in [6, 6.07) is 9.51. The Bertz CT molecular complexity index is 772. The Hall–Kier alpha value is -1.83. The molecule has 0 aliphatic carbocycles. The van der Waals surface area contributed by atoms with Crippen molar-refractivity contribution in [3.05, 3.63) is 46.1 Å². The highest BCUT2D eigenvalue weighted by Gasteiger charge is 2.11. The summed E-state index contributed by atoms with van der Waals surface area (Å²) in [5, 5.41) is 14.9. The molecule has 0 aliphatic rings. The van der Waals surface area contributed by atoms with Crippen LogP contribution >= 0.6 is 34.7 Å². The highest BCUT2D eigenvalue weighted by Crippen LogP contribution is 2.23. The van der Waals surface area contributed by atoms with Gasteiger partial charge < -0.3 is 4.42 Å². The number of nitrogens with zero attached hydrogens (tertiary/aromatic N) is 2. The van der Waals surface area contributed by atoms with Gasteiger partial charge in [-0.25, -0.2) is 0 Å². The molecule has 1 N–H and O–H groups in total. The lowest BCUT2D eigenvalue weighted by molar-refractivity contribution is -0.115. The Morgan fingerprint density at radius 2 is 2.09 bits per heavy atom. The molecule has 3 aromatic rings. The summed E-state index contributed by atoms with van der Waals surface area (Å²) in [6.45, 7) is 0. The number of rotatable bonds is 6. The van der Waals surface area contributed by atoms with Gasteiger partial charge in [0.25, 0.3) is 5.89 Å². The molecular weight excluding hydrogens is 354 g/mol. The number of nitrogens with one attached hydrogen (secondary N) is 1. The molecule has 0 bridgehead atoms. The Balaban J connectivity index is 1.47. The van der Waals surface area contributed by atoms with Crippen molar-refractivity contribution >= 4 is 46.6 Å². The largest absolute Gasteiger partial charge is 0.403 e. The fourth-order valence-corrected chi connectivity index (χ4v) is 3.36. The fraction of sp³-hybridized carbons (Fsp3) is 0.133. The van der Waals surface area contributed by atoms with Crippen LogP contribution in [0.1, 0.15) is 6.42 Å². The van der Waals surface area contributed by atoms with Gasteiger partial charge in [0.05, 0.1) is 0 Å². The molecule has 2 aromatic heterocycles. The number of thiophene rings is 1. The van der Waals surface area contributed by atoms with Gasteiger partial charge in [-0.1, -0.05) is 16.7 Å². The predicted octanol–water partition coefficient (Wildman–Crippen LogP) is 4.57. The topological polar surface area (TPSA) is 68.0 Å². The molecule has 0 fully saturated rings. The van der Waals surface area contributed by atoms with Gasteiger partial charge in [-0.05, 0) is 35.7 Å². The smallest absolute Gasteiger partial charge is 0.322 e. The van der Waals surface area contributed by atoms with Gasteiger partial charge in [-0.15, -0.1) is 16.9 Å². The number of carbonyl (C=O) groups excluding carboxylic acids is 1. The standard InChI is InChI=1S/C15H12ClN3O2S2/c16-11-1-3-12(4-2-11)23-8-6-13(20)17-15-19-18-14(21-15)10-5-7-22-9-10/h1-5,7,9H,6,8H2,(H,17,19,20). The quantitative estimate of drug-likeness (QED) is 0.648. The number of anilines is 1. The van der Waals surface area contributed by atoms with E-state index in [0.29, 0.717) is 23.1 Å². The number of halogens is 1. The normalized spacial score (nSPS) is 10.7. The second kappa shape index (κ2) is 7.63. The summed E-state index contributed by atoms with van der Waals surface area (Å²) in [5.74, 6) is 0.892. The lowest BCUT2D eigenvalue weighted by atomic mass is 10.3. The lowest BCUT2D eigenvalue weighted by Crippen LogP contribution is -2.12. The highest BCUT2D eigenvalue weighted by molar-refractivity contribution is 7.99. The zero-order valence-corrected chi connectivity index (χ0v) is 14.2. The van der Waals surface area contributed by atoms with Crippen LogP contribution in [0.3, 0.4) is 0 Å². The van der Waals surface area contributed by atoms with Crippen molar-refractivity contribution in [3.63, 3.8) is 0 Å². The first-order chi connectivity index (χ1) is 11.2. The van der Waals surface area contributed by atoms with E-state index in [4.69, 9.17) is 16.0 Å². The van der Waals surface area contributed by atoms with Gasteiger partial charge in [0.2, 0.25) is 5.91 Å². The van der Waals surface area contributed by atoms with Crippen LogP contribution < -0.4 is 5.32 Å².